The number of benzene rings is 2. The first-order valence-electron chi connectivity index (χ1n) is 6.82. The molecule has 0 atom stereocenters. The number of nitrogens with one attached hydrogen (secondary N) is 2. The summed E-state index contributed by atoms with van der Waals surface area (Å²) in [6.45, 7) is 1.86. The SMILES string of the molecule is Cc1c(Cl)cccc1NC(=O)Nc1cccc2cccnc12. The number of fused-ring (bicyclic) bond motifs is 1. The maximum Gasteiger partial charge on any atom is 0.323 e. The van der Waals surface area contributed by atoms with E-state index in [9.17, 15) is 4.79 Å². The molecule has 3 rings (SSSR count). The van der Waals surface area contributed by atoms with Gasteiger partial charge in [-0.1, -0.05) is 35.9 Å². The highest BCUT2D eigenvalue weighted by atomic mass is 35.5. The highest BCUT2D eigenvalue weighted by Crippen LogP contribution is 2.24. The van der Waals surface area contributed by atoms with E-state index in [1.54, 1.807) is 18.3 Å². The number of carbonyl (C=O) groups is 1. The van der Waals surface area contributed by atoms with Gasteiger partial charge in [0.2, 0.25) is 0 Å². The minimum Gasteiger partial charge on any atom is -0.307 e. The molecule has 0 bridgehead atoms. The molecule has 110 valence electrons. The van der Waals surface area contributed by atoms with Crippen LogP contribution in [0, 0.1) is 6.92 Å². The summed E-state index contributed by atoms with van der Waals surface area (Å²) in [4.78, 5) is 16.5. The summed E-state index contributed by atoms with van der Waals surface area (Å²) < 4.78 is 0. The van der Waals surface area contributed by atoms with Gasteiger partial charge in [0.15, 0.2) is 0 Å². The number of anilines is 2. The van der Waals surface area contributed by atoms with Crippen LogP contribution in [0.2, 0.25) is 5.02 Å². The first kappa shape index (κ1) is 14.4. The van der Waals surface area contributed by atoms with Gasteiger partial charge in [-0.25, -0.2) is 4.79 Å². The molecule has 1 aromatic heterocycles. The lowest BCUT2D eigenvalue weighted by Gasteiger charge is -2.11. The fourth-order valence-electron chi connectivity index (χ4n) is 2.22. The molecule has 0 fully saturated rings. The minimum absolute atomic E-state index is 0.330. The Balaban J connectivity index is 1.83. The van der Waals surface area contributed by atoms with E-state index in [4.69, 9.17) is 11.6 Å². The molecule has 2 amide bonds. The number of amides is 2. The Labute approximate surface area is 133 Å². The van der Waals surface area contributed by atoms with Gasteiger partial charge in [-0.3, -0.25) is 4.98 Å². The summed E-state index contributed by atoms with van der Waals surface area (Å²) >= 11 is 6.05. The van der Waals surface area contributed by atoms with Gasteiger partial charge in [0.05, 0.1) is 11.2 Å². The van der Waals surface area contributed by atoms with Crippen LogP contribution in [0.1, 0.15) is 5.56 Å². The van der Waals surface area contributed by atoms with Crippen LogP contribution < -0.4 is 10.6 Å². The normalized spacial score (nSPS) is 10.5. The smallest absolute Gasteiger partial charge is 0.307 e. The number of urea groups is 1. The zero-order valence-electron chi connectivity index (χ0n) is 11.9. The number of nitrogens with zero attached hydrogens (tertiary/aromatic N) is 1. The van der Waals surface area contributed by atoms with Crippen molar-refractivity contribution in [2.45, 2.75) is 6.92 Å². The molecule has 5 heteroatoms. The average Bonchev–Trinajstić information content (AvgIpc) is 2.52. The lowest BCUT2D eigenvalue weighted by atomic mass is 10.2. The fourth-order valence-corrected chi connectivity index (χ4v) is 2.40. The Morgan fingerprint density at radius 1 is 1.00 bits per heavy atom. The van der Waals surface area contributed by atoms with E-state index in [-0.39, 0.29) is 6.03 Å². The Hall–Kier alpha value is -2.59. The molecule has 3 aromatic rings. The quantitative estimate of drug-likeness (QED) is 0.711. The lowest BCUT2D eigenvalue weighted by Crippen LogP contribution is -2.20. The number of halogens is 1. The molecule has 2 aromatic carbocycles. The molecular weight excluding hydrogens is 298 g/mol. The fraction of sp³-hybridized carbons (Fsp3) is 0.0588. The highest BCUT2D eigenvalue weighted by Gasteiger charge is 2.09. The van der Waals surface area contributed by atoms with Crippen LogP contribution in [0.5, 0.6) is 0 Å². The largest absolute Gasteiger partial charge is 0.323 e. The standard InChI is InChI=1S/C17H14ClN3O/c1-11-13(18)7-3-8-14(11)20-17(22)21-15-9-2-5-12-6-4-10-19-16(12)15/h2-10H,1H3,(H2,20,21,22). The minimum atomic E-state index is -0.330. The summed E-state index contributed by atoms with van der Waals surface area (Å²) in [5, 5.41) is 7.21. The van der Waals surface area contributed by atoms with E-state index in [2.05, 4.69) is 15.6 Å². The Bertz CT molecular complexity index is 843. The number of rotatable bonds is 2. The van der Waals surface area contributed by atoms with Gasteiger partial charge in [-0.05, 0) is 36.8 Å². The van der Waals surface area contributed by atoms with E-state index < -0.39 is 0 Å². The summed E-state index contributed by atoms with van der Waals surface area (Å²) in [5.41, 5.74) is 2.92. The van der Waals surface area contributed by atoms with Crippen molar-refractivity contribution in [3.8, 4) is 0 Å². The topological polar surface area (TPSA) is 54.0 Å². The number of carbonyl (C=O) groups excluding carboxylic acids is 1. The van der Waals surface area contributed by atoms with Crippen molar-refractivity contribution in [2.24, 2.45) is 0 Å². The van der Waals surface area contributed by atoms with Crippen LogP contribution in [0.4, 0.5) is 16.2 Å². The molecular formula is C17H14ClN3O. The van der Waals surface area contributed by atoms with E-state index >= 15 is 0 Å². The number of para-hydroxylation sites is 1. The molecule has 0 aliphatic carbocycles. The summed E-state index contributed by atoms with van der Waals surface area (Å²) in [5.74, 6) is 0. The Morgan fingerprint density at radius 3 is 2.55 bits per heavy atom. The first-order valence-corrected chi connectivity index (χ1v) is 7.20. The van der Waals surface area contributed by atoms with Gasteiger partial charge in [0.25, 0.3) is 0 Å². The predicted molar refractivity (Wildman–Crippen MR) is 90.6 cm³/mol. The van der Waals surface area contributed by atoms with Crippen molar-refractivity contribution in [3.63, 3.8) is 0 Å². The summed E-state index contributed by atoms with van der Waals surface area (Å²) in [7, 11) is 0. The summed E-state index contributed by atoms with van der Waals surface area (Å²) in [6.07, 6.45) is 1.70. The molecule has 4 nitrogen and oxygen atoms in total. The molecule has 22 heavy (non-hydrogen) atoms. The molecule has 0 aliphatic heterocycles. The Morgan fingerprint density at radius 2 is 1.68 bits per heavy atom. The van der Waals surface area contributed by atoms with Crippen LogP contribution >= 0.6 is 11.6 Å². The van der Waals surface area contributed by atoms with Gasteiger partial charge in [0.1, 0.15) is 0 Å². The second kappa shape index (κ2) is 6.03. The lowest BCUT2D eigenvalue weighted by molar-refractivity contribution is 0.262. The van der Waals surface area contributed by atoms with Crippen LogP contribution in [0.3, 0.4) is 0 Å². The van der Waals surface area contributed by atoms with Gasteiger partial charge in [-0.15, -0.1) is 0 Å². The highest BCUT2D eigenvalue weighted by molar-refractivity contribution is 6.31. The molecule has 1 heterocycles. The second-order valence-corrected chi connectivity index (χ2v) is 5.28. The van der Waals surface area contributed by atoms with Crippen LogP contribution in [-0.4, -0.2) is 11.0 Å². The van der Waals surface area contributed by atoms with Gasteiger partial charge < -0.3 is 10.6 Å². The van der Waals surface area contributed by atoms with Gasteiger partial charge in [-0.2, -0.15) is 0 Å². The predicted octanol–water partition coefficient (Wildman–Crippen LogP) is 4.84. The molecule has 0 spiro atoms. The monoisotopic (exact) mass is 311 g/mol. The van der Waals surface area contributed by atoms with E-state index in [0.717, 1.165) is 16.5 Å². The second-order valence-electron chi connectivity index (χ2n) is 4.87. The Kier molecular flexibility index (Phi) is 3.94. The van der Waals surface area contributed by atoms with Crippen molar-refractivity contribution in [2.75, 3.05) is 10.6 Å². The van der Waals surface area contributed by atoms with Crippen molar-refractivity contribution >= 4 is 39.9 Å². The van der Waals surface area contributed by atoms with Gasteiger partial charge >= 0.3 is 6.03 Å². The maximum atomic E-state index is 12.2. The van der Waals surface area contributed by atoms with Gasteiger partial charge in [0, 0.05) is 22.3 Å². The third-order valence-corrected chi connectivity index (χ3v) is 3.81. The number of aromatic nitrogens is 1. The maximum absolute atomic E-state index is 12.2. The first-order chi connectivity index (χ1) is 10.6. The van der Waals surface area contributed by atoms with E-state index in [0.29, 0.717) is 16.4 Å². The zero-order valence-corrected chi connectivity index (χ0v) is 12.7. The molecule has 2 N–H and O–H groups in total. The van der Waals surface area contributed by atoms with E-state index in [1.807, 2.05) is 43.3 Å². The van der Waals surface area contributed by atoms with Crippen LogP contribution in [-0.2, 0) is 0 Å². The number of hydrogen-bond donors (Lipinski definition) is 2. The average molecular weight is 312 g/mol. The third-order valence-electron chi connectivity index (χ3n) is 3.40. The third kappa shape index (κ3) is 2.87. The van der Waals surface area contributed by atoms with Crippen molar-refractivity contribution in [1.82, 2.24) is 4.98 Å². The van der Waals surface area contributed by atoms with Crippen LogP contribution in [0.25, 0.3) is 10.9 Å². The van der Waals surface area contributed by atoms with Crippen molar-refractivity contribution < 1.29 is 4.79 Å². The van der Waals surface area contributed by atoms with Crippen molar-refractivity contribution in [3.05, 3.63) is 65.3 Å². The molecule has 0 aliphatic rings. The molecule has 0 unspecified atom stereocenters. The van der Waals surface area contributed by atoms with E-state index in [1.165, 1.54) is 0 Å². The zero-order chi connectivity index (χ0) is 15.5. The van der Waals surface area contributed by atoms with Crippen LogP contribution in [0.15, 0.2) is 54.7 Å². The number of hydrogen-bond acceptors (Lipinski definition) is 2. The molecule has 0 saturated heterocycles. The van der Waals surface area contributed by atoms with Crippen molar-refractivity contribution in [1.29, 1.82) is 0 Å². The molecule has 0 saturated carbocycles. The molecule has 0 radical (unpaired) electrons. The summed E-state index contributed by atoms with van der Waals surface area (Å²) in [6, 6.07) is 14.5. The number of pyridine rings is 1.